The number of anilines is 1. The number of fused-ring (bicyclic) bond motifs is 2. The van der Waals surface area contributed by atoms with Crippen molar-refractivity contribution < 1.29 is 27.4 Å². The summed E-state index contributed by atoms with van der Waals surface area (Å²) in [6.07, 6.45) is -1.07. The zero-order valence-corrected chi connectivity index (χ0v) is 21.3. The molecule has 0 aliphatic carbocycles. The number of aryl methyl sites for hydroxylation is 1. The summed E-state index contributed by atoms with van der Waals surface area (Å²) in [5, 5.41) is 3.28. The van der Waals surface area contributed by atoms with Crippen LogP contribution >= 0.6 is 11.6 Å². The number of carbonyl (C=O) groups excluding carboxylic acids is 1. The van der Waals surface area contributed by atoms with Crippen LogP contribution in [0.25, 0.3) is 0 Å². The van der Waals surface area contributed by atoms with Crippen molar-refractivity contribution in [1.82, 2.24) is 5.32 Å². The molecule has 2 aliphatic rings. The summed E-state index contributed by atoms with van der Waals surface area (Å²) in [5.74, 6) is 1.09. The Hall–Kier alpha value is -3.43. The Morgan fingerprint density at radius 1 is 1.00 bits per heavy atom. The van der Waals surface area contributed by atoms with Gasteiger partial charge in [0.2, 0.25) is 0 Å². The first-order valence-electron chi connectivity index (χ1n) is 11.5. The van der Waals surface area contributed by atoms with Crippen molar-refractivity contribution in [3.63, 3.8) is 0 Å². The van der Waals surface area contributed by atoms with Gasteiger partial charge in [-0.05, 0) is 61.9 Å². The molecule has 2 heterocycles. The lowest BCUT2D eigenvalue weighted by Crippen LogP contribution is -2.51. The fourth-order valence-corrected chi connectivity index (χ4v) is 5.78. The smallest absolute Gasteiger partial charge is 0.264 e. The Morgan fingerprint density at radius 3 is 2.44 bits per heavy atom. The SMILES string of the molecule is Cc1ccc(S(=O)(=O)N2C[C@@H](C(=O)N[C@@H](C)c3ccc4c(c3)OCCO4)Oc3ccc(Cl)cc32)cc1. The Labute approximate surface area is 214 Å². The van der Waals surface area contributed by atoms with Gasteiger partial charge in [0.15, 0.2) is 17.6 Å². The van der Waals surface area contributed by atoms with Crippen LogP contribution in [0.15, 0.2) is 65.6 Å². The quantitative estimate of drug-likeness (QED) is 0.532. The van der Waals surface area contributed by atoms with Crippen molar-refractivity contribution in [2.75, 3.05) is 24.1 Å². The number of hydrogen-bond donors (Lipinski definition) is 1. The maximum atomic E-state index is 13.6. The Kier molecular flexibility index (Phi) is 6.44. The maximum absolute atomic E-state index is 13.6. The number of nitrogens with zero attached hydrogens (tertiary/aromatic N) is 1. The molecule has 5 rings (SSSR count). The van der Waals surface area contributed by atoms with Gasteiger partial charge in [-0.3, -0.25) is 9.10 Å². The Morgan fingerprint density at radius 2 is 1.69 bits per heavy atom. The van der Waals surface area contributed by atoms with Crippen molar-refractivity contribution in [3.8, 4) is 17.2 Å². The fraction of sp³-hybridized carbons (Fsp3) is 0.269. The highest BCUT2D eigenvalue weighted by atomic mass is 35.5. The number of amides is 1. The number of ether oxygens (including phenoxy) is 3. The van der Waals surface area contributed by atoms with Gasteiger partial charge in [-0.15, -0.1) is 0 Å². The second-order valence-corrected chi connectivity index (χ2v) is 11.0. The van der Waals surface area contributed by atoms with Gasteiger partial charge in [0.25, 0.3) is 15.9 Å². The minimum Gasteiger partial charge on any atom is -0.486 e. The van der Waals surface area contributed by atoms with Crippen molar-refractivity contribution in [2.45, 2.75) is 30.9 Å². The molecule has 3 aromatic rings. The van der Waals surface area contributed by atoms with E-state index >= 15 is 0 Å². The summed E-state index contributed by atoms with van der Waals surface area (Å²) in [6, 6.07) is 16.3. The zero-order valence-electron chi connectivity index (χ0n) is 19.7. The van der Waals surface area contributed by atoms with Crippen LogP contribution < -0.4 is 23.8 Å². The van der Waals surface area contributed by atoms with Gasteiger partial charge in [-0.2, -0.15) is 0 Å². The van der Waals surface area contributed by atoms with Crippen molar-refractivity contribution in [2.24, 2.45) is 0 Å². The van der Waals surface area contributed by atoms with Gasteiger partial charge >= 0.3 is 0 Å². The number of carbonyl (C=O) groups is 1. The highest BCUT2D eigenvalue weighted by Gasteiger charge is 2.38. The van der Waals surface area contributed by atoms with Crippen LogP contribution in [0.1, 0.15) is 24.1 Å². The van der Waals surface area contributed by atoms with Crippen molar-refractivity contribution in [3.05, 3.63) is 76.8 Å². The van der Waals surface area contributed by atoms with E-state index in [1.54, 1.807) is 42.5 Å². The van der Waals surface area contributed by atoms with E-state index in [0.717, 1.165) is 11.1 Å². The predicted molar refractivity (Wildman–Crippen MR) is 136 cm³/mol. The molecule has 0 saturated carbocycles. The van der Waals surface area contributed by atoms with E-state index in [9.17, 15) is 13.2 Å². The highest BCUT2D eigenvalue weighted by Crippen LogP contribution is 2.39. The second kappa shape index (κ2) is 9.55. The van der Waals surface area contributed by atoms with Crippen LogP contribution in [0.4, 0.5) is 5.69 Å². The first-order valence-corrected chi connectivity index (χ1v) is 13.3. The summed E-state index contributed by atoms with van der Waals surface area (Å²) >= 11 is 6.17. The molecule has 188 valence electrons. The third-order valence-electron chi connectivity index (χ3n) is 6.12. The Bertz CT molecular complexity index is 1410. The van der Waals surface area contributed by atoms with E-state index in [2.05, 4.69) is 5.32 Å². The molecule has 0 unspecified atom stereocenters. The number of benzene rings is 3. The number of sulfonamides is 1. The standard InChI is InChI=1S/C26H25ClN2O6S/c1-16-3-7-20(8-4-16)36(31,32)29-15-25(35-22-10-6-19(27)14-21(22)29)26(30)28-17(2)18-5-9-23-24(13-18)34-12-11-33-23/h3-10,13-14,17,25H,11-12,15H2,1-2H3,(H,28,30)/t17-,25-/m0/s1. The highest BCUT2D eigenvalue weighted by molar-refractivity contribution is 7.92. The lowest BCUT2D eigenvalue weighted by atomic mass is 10.1. The molecule has 36 heavy (non-hydrogen) atoms. The molecule has 2 aliphatic heterocycles. The third kappa shape index (κ3) is 4.68. The molecular weight excluding hydrogens is 504 g/mol. The average molecular weight is 529 g/mol. The second-order valence-electron chi connectivity index (χ2n) is 8.70. The summed E-state index contributed by atoms with van der Waals surface area (Å²) in [7, 11) is -3.98. The molecule has 8 nitrogen and oxygen atoms in total. The number of rotatable bonds is 5. The molecule has 1 amide bonds. The average Bonchev–Trinajstić information content (AvgIpc) is 2.87. The number of nitrogens with one attached hydrogen (secondary N) is 1. The third-order valence-corrected chi connectivity index (χ3v) is 8.15. The molecule has 0 saturated heterocycles. The van der Waals surface area contributed by atoms with Gasteiger partial charge in [0, 0.05) is 5.02 Å². The van der Waals surface area contributed by atoms with Gasteiger partial charge in [-0.25, -0.2) is 8.42 Å². The van der Waals surface area contributed by atoms with Crippen LogP contribution in [0.2, 0.25) is 5.02 Å². The molecule has 0 spiro atoms. The molecule has 1 N–H and O–H groups in total. The minimum atomic E-state index is -3.98. The predicted octanol–water partition coefficient (Wildman–Crippen LogP) is 4.25. The van der Waals surface area contributed by atoms with E-state index < -0.39 is 22.0 Å². The largest absolute Gasteiger partial charge is 0.486 e. The summed E-state index contributed by atoms with van der Waals surface area (Å²) in [4.78, 5) is 13.4. The van der Waals surface area contributed by atoms with E-state index in [0.29, 0.717) is 29.7 Å². The molecule has 0 fully saturated rings. The molecule has 0 bridgehead atoms. The fourth-order valence-electron chi connectivity index (χ4n) is 4.15. The first kappa shape index (κ1) is 24.3. The topological polar surface area (TPSA) is 94.2 Å². The van der Waals surface area contributed by atoms with Crippen molar-refractivity contribution in [1.29, 1.82) is 0 Å². The van der Waals surface area contributed by atoms with Crippen molar-refractivity contribution >= 4 is 33.2 Å². The van der Waals surface area contributed by atoms with Crippen LogP contribution in [0.3, 0.4) is 0 Å². The normalized spacial score (nSPS) is 17.5. The number of hydrogen-bond acceptors (Lipinski definition) is 6. The molecule has 3 aromatic carbocycles. The van der Waals surface area contributed by atoms with Crippen LogP contribution in [-0.2, 0) is 14.8 Å². The molecular formula is C26H25ClN2O6S. The monoisotopic (exact) mass is 528 g/mol. The van der Waals surface area contributed by atoms with Gasteiger partial charge in [0.05, 0.1) is 23.2 Å². The summed E-state index contributed by atoms with van der Waals surface area (Å²) < 4.78 is 45.5. The van der Waals surface area contributed by atoms with E-state index in [-0.39, 0.29) is 28.9 Å². The Balaban J connectivity index is 1.41. The van der Waals surface area contributed by atoms with Gasteiger partial charge in [-0.1, -0.05) is 35.4 Å². The molecule has 2 atom stereocenters. The zero-order chi connectivity index (χ0) is 25.4. The first-order chi connectivity index (χ1) is 17.2. The molecule has 0 radical (unpaired) electrons. The number of halogens is 1. The molecule has 10 heteroatoms. The van der Waals surface area contributed by atoms with Crippen LogP contribution in [0, 0.1) is 6.92 Å². The van der Waals surface area contributed by atoms with E-state index in [4.69, 9.17) is 25.8 Å². The van der Waals surface area contributed by atoms with Gasteiger partial charge in [0.1, 0.15) is 19.0 Å². The van der Waals surface area contributed by atoms with Crippen LogP contribution in [-0.4, -0.2) is 40.2 Å². The van der Waals surface area contributed by atoms with Gasteiger partial charge < -0.3 is 19.5 Å². The van der Waals surface area contributed by atoms with E-state index in [1.807, 2.05) is 26.0 Å². The van der Waals surface area contributed by atoms with Crippen LogP contribution in [0.5, 0.6) is 17.2 Å². The minimum absolute atomic E-state index is 0.115. The van der Waals surface area contributed by atoms with E-state index in [1.165, 1.54) is 10.4 Å². The summed E-state index contributed by atoms with van der Waals surface area (Å²) in [6.45, 7) is 4.46. The maximum Gasteiger partial charge on any atom is 0.264 e. The summed E-state index contributed by atoms with van der Waals surface area (Å²) in [5.41, 5.74) is 2.04. The molecule has 0 aromatic heterocycles. The lowest BCUT2D eigenvalue weighted by molar-refractivity contribution is -0.128. The lowest BCUT2D eigenvalue weighted by Gasteiger charge is -2.35.